The summed E-state index contributed by atoms with van der Waals surface area (Å²) in [6, 6.07) is 17.9. The van der Waals surface area contributed by atoms with E-state index in [1.54, 1.807) is 6.07 Å². The van der Waals surface area contributed by atoms with E-state index in [0.29, 0.717) is 5.56 Å². The van der Waals surface area contributed by atoms with Crippen LogP contribution in [0.15, 0.2) is 66.7 Å². The molecule has 142 valence electrons. The van der Waals surface area contributed by atoms with Crippen molar-refractivity contribution in [2.24, 2.45) is 0 Å². The van der Waals surface area contributed by atoms with Crippen LogP contribution in [0, 0.1) is 10.1 Å². The molecule has 3 aromatic rings. The van der Waals surface area contributed by atoms with Gasteiger partial charge < -0.3 is 10.4 Å². The van der Waals surface area contributed by atoms with Crippen LogP contribution in [0.3, 0.4) is 0 Å². The number of nitrogens with one attached hydrogen (secondary N) is 1. The summed E-state index contributed by atoms with van der Waals surface area (Å²) in [5.74, 6) is -1.64. The van der Waals surface area contributed by atoms with Crippen molar-refractivity contribution >= 4 is 28.3 Å². The first kappa shape index (κ1) is 19.0. The lowest BCUT2D eigenvalue weighted by molar-refractivity contribution is -0.384. The second-order valence-electron chi connectivity index (χ2n) is 6.40. The largest absolute Gasteiger partial charge is 0.480 e. The van der Waals surface area contributed by atoms with Crippen LogP contribution >= 0.6 is 0 Å². The molecule has 0 aliphatic heterocycles. The van der Waals surface area contributed by atoms with E-state index in [-0.39, 0.29) is 18.5 Å². The highest BCUT2D eigenvalue weighted by atomic mass is 16.6. The van der Waals surface area contributed by atoms with Crippen LogP contribution in [0.4, 0.5) is 5.69 Å². The van der Waals surface area contributed by atoms with Gasteiger partial charge in [0, 0.05) is 18.6 Å². The van der Waals surface area contributed by atoms with Gasteiger partial charge in [0.2, 0.25) is 5.91 Å². The van der Waals surface area contributed by atoms with E-state index in [2.05, 4.69) is 5.32 Å². The zero-order valence-corrected chi connectivity index (χ0v) is 14.9. The molecular formula is C21H18N2O5. The Labute approximate surface area is 160 Å². The Morgan fingerprint density at radius 3 is 2.50 bits per heavy atom. The zero-order valence-electron chi connectivity index (χ0n) is 14.9. The van der Waals surface area contributed by atoms with E-state index in [9.17, 15) is 24.8 Å². The molecule has 0 saturated carbocycles. The van der Waals surface area contributed by atoms with Gasteiger partial charge in [-0.05, 0) is 21.9 Å². The Morgan fingerprint density at radius 1 is 1.04 bits per heavy atom. The first-order valence-electron chi connectivity index (χ1n) is 8.66. The third kappa shape index (κ3) is 4.50. The molecule has 28 heavy (non-hydrogen) atoms. The first-order valence-corrected chi connectivity index (χ1v) is 8.66. The Hall–Kier alpha value is -3.74. The number of carboxylic acid groups (broad SMARTS) is 1. The molecule has 2 N–H and O–H groups in total. The highest BCUT2D eigenvalue weighted by Crippen LogP contribution is 2.20. The topological polar surface area (TPSA) is 110 Å². The second kappa shape index (κ2) is 8.30. The molecule has 0 saturated heterocycles. The fourth-order valence-electron chi connectivity index (χ4n) is 3.10. The molecule has 0 aliphatic rings. The Morgan fingerprint density at radius 2 is 1.75 bits per heavy atom. The number of carbonyl (C=O) groups excluding carboxylic acids is 1. The highest BCUT2D eigenvalue weighted by Gasteiger charge is 2.21. The van der Waals surface area contributed by atoms with Gasteiger partial charge in [-0.15, -0.1) is 0 Å². The number of carbonyl (C=O) groups is 2. The third-order valence-electron chi connectivity index (χ3n) is 4.42. The summed E-state index contributed by atoms with van der Waals surface area (Å²) in [5.41, 5.74) is 1.15. The van der Waals surface area contributed by atoms with Crippen molar-refractivity contribution in [1.82, 2.24) is 5.32 Å². The molecule has 0 bridgehead atoms. The number of rotatable bonds is 7. The van der Waals surface area contributed by atoms with E-state index >= 15 is 0 Å². The zero-order chi connectivity index (χ0) is 20.1. The van der Waals surface area contributed by atoms with Gasteiger partial charge in [-0.1, -0.05) is 54.6 Å². The Kier molecular flexibility index (Phi) is 5.64. The van der Waals surface area contributed by atoms with Gasteiger partial charge in [-0.25, -0.2) is 4.79 Å². The summed E-state index contributed by atoms with van der Waals surface area (Å²) in [4.78, 5) is 34.3. The molecule has 7 heteroatoms. The van der Waals surface area contributed by atoms with Crippen molar-refractivity contribution < 1.29 is 19.6 Å². The molecular weight excluding hydrogens is 360 g/mol. The van der Waals surface area contributed by atoms with Gasteiger partial charge in [-0.2, -0.15) is 0 Å². The molecule has 3 aromatic carbocycles. The number of amides is 1. The molecule has 1 amide bonds. The lowest BCUT2D eigenvalue weighted by atomic mass is 9.98. The number of nitro benzene ring substituents is 1. The summed E-state index contributed by atoms with van der Waals surface area (Å²) < 4.78 is 0. The number of hydrogen-bond donors (Lipinski definition) is 2. The summed E-state index contributed by atoms with van der Waals surface area (Å²) in [6.07, 6.45) is -0.00163. The SMILES string of the molecule is O=C(Cc1cccc([N+](=O)[O-])c1)N[C@H](Cc1cccc2ccccc12)C(=O)O. The number of aliphatic carboxylic acids is 1. The fourth-order valence-corrected chi connectivity index (χ4v) is 3.10. The highest BCUT2D eigenvalue weighted by molar-refractivity contribution is 5.88. The molecule has 0 fully saturated rings. The van der Waals surface area contributed by atoms with Gasteiger partial charge in [0.1, 0.15) is 6.04 Å². The van der Waals surface area contributed by atoms with E-state index < -0.39 is 22.8 Å². The first-order chi connectivity index (χ1) is 13.4. The van der Waals surface area contributed by atoms with Crippen LogP contribution in [0.5, 0.6) is 0 Å². The van der Waals surface area contributed by atoms with Crippen molar-refractivity contribution in [1.29, 1.82) is 0 Å². The maximum atomic E-state index is 12.3. The van der Waals surface area contributed by atoms with Crippen LogP contribution in [-0.4, -0.2) is 27.9 Å². The van der Waals surface area contributed by atoms with Gasteiger partial charge in [0.25, 0.3) is 5.69 Å². The predicted octanol–water partition coefficient (Wildman–Crippen LogP) is 3.10. The van der Waals surface area contributed by atoms with Gasteiger partial charge in [0.05, 0.1) is 11.3 Å². The maximum Gasteiger partial charge on any atom is 0.326 e. The standard InChI is InChI=1S/C21H18N2O5/c24-20(12-14-5-3-9-17(11-14)23(27)28)22-19(21(25)26)13-16-8-4-7-15-6-1-2-10-18(15)16/h1-11,19H,12-13H2,(H,22,24)(H,25,26)/t19-/m1/s1. The van der Waals surface area contributed by atoms with Crippen LogP contribution < -0.4 is 5.32 Å². The van der Waals surface area contributed by atoms with E-state index in [4.69, 9.17) is 0 Å². The number of fused-ring (bicyclic) bond motifs is 1. The van der Waals surface area contributed by atoms with Crippen LogP contribution in [-0.2, 0) is 22.4 Å². The molecule has 7 nitrogen and oxygen atoms in total. The minimum absolute atomic E-state index is 0.115. The number of hydrogen-bond acceptors (Lipinski definition) is 4. The average Bonchev–Trinajstić information content (AvgIpc) is 2.67. The van der Waals surface area contributed by atoms with Gasteiger partial charge >= 0.3 is 5.97 Å². The van der Waals surface area contributed by atoms with Crippen LogP contribution in [0.25, 0.3) is 10.8 Å². The van der Waals surface area contributed by atoms with E-state index in [0.717, 1.165) is 16.3 Å². The Balaban J connectivity index is 1.74. The molecule has 1 atom stereocenters. The van der Waals surface area contributed by atoms with E-state index in [1.807, 2.05) is 42.5 Å². The minimum Gasteiger partial charge on any atom is -0.480 e. The third-order valence-corrected chi connectivity index (χ3v) is 4.42. The van der Waals surface area contributed by atoms with Gasteiger partial charge in [-0.3, -0.25) is 14.9 Å². The Bertz CT molecular complexity index is 1040. The quantitative estimate of drug-likeness (QED) is 0.485. The number of non-ortho nitro benzene ring substituents is 1. The molecule has 0 aromatic heterocycles. The predicted molar refractivity (Wildman–Crippen MR) is 104 cm³/mol. The molecule has 0 spiro atoms. The summed E-state index contributed by atoms with van der Waals surface area (Å²) in [5, 5.41) is 24.8. The number of nitrogens with zero attached hydrogens (tertiary/aromatic N) is 1. The van der Waals surface area contributed by atoms with Crippen molar-refractivity contribution in [2.75, 3.05) is 0 Å². The van der Waals surface area contributed by atoms with Crippen LogP contribution in [0.2, 0.25) is 0 Å². The fraction of sp³-hybridized carbons (Fsp3) is 0.143. The molecule has 3 rings (SSSR count). The molecule has 0 unspecified atom stereocenters. The normalized spacial score (nSPS) is 11.7. The lowest BCUT2D eigenvalue weighted by Gasteiger charge is -2.16. The average molecular weight is 378 g/mol. The molecule has 0 aliphatic carbocycles. The second-order valence-corrected chi connectivity index (χ2v) is 6.40. The van der Waals surface area contributed by atoms with Crippen LogP contribution in [0.1, 0.15) is 11.1 Å². The van der Waals surface area contributed by atoms with Crippen molar-refractivity contribution in [2.45, 2.75) is 18.9 Å². The summed E-state index contributed by atoms with van der Waals surface area (Å²) in [7, 11) is 0. The number of benzene rings is 3. The number of nitro groups is 1. The van der Waals surface area contributed by atoms with Crippen molar-refractivity contribution in [3.63, 3.8) is 0 Å². The van der Waals surface area contributed by atoms with Crippen molar-refractivity contribution in [3.05, 3.63) is 88.0 Å². The monoisotopic (exact) mass is 378 g/mol. The summed E-state index contributed by atoms with van der Waals surface area (Å²) >= 11 is 0. The number of carboxylic acids is 1. The van der Waals surface area contributed by atoms with Crippen molar-refractivity contribution in [3.8, 4) is 0 Å². The lowest BCUT2D eigenvalue weighted by Crippen LogP contribution is -2.43. The molecule has 0 radical (unpaired) electrons. The van der Waals surface area contributed by atoms with E-state index in [1.165, 1.54) is 18.2 Å². The summed E-state index contributed by atoms with van der Waals surface area (Å²) in [6.45, 7) is 0. The molecule has 0 heterocycles. The van der Waals surface area contributed by atoms with Gasteiger partial charge in [0.15, 0.2) is 0 Å². The minimum atomic E-state index is -1.14. The maximum absolute atomic E-state index is 12.3. The smallest absolute Gasteiger partial charge is 0.326 e.